The molecular weight excluding hydrogens is 234 g/mol. The van der Waals surface area contributed by atoms with Crippen molar-refractivity contribution in [3.05, 3.63) is 24.2 Å². The van der Waals surface area contributed by atoms with Gasteiger partial charge >= 0.3 is 0 Å². The van der Waals surface area contributed by atoms with Crippen molar-refractivity contribution in [3.63, 3.8) is 0 Å². The number of alkyl halides is 1. The van der Waals surface area contributed by atoms with Gasteiger partial charge in [-0.1, -0.05) is 15.9 Å². The number of amides is 1. The van der Waals surface area contributed by atoms with Gasteiger partial charge in [0.2, 0.25) is 0 Å². The minimum Gasteiger partial charge on any atom is -0.459 e. The molecule has 1 aromatic rings. The average molecular weight is 246 g/mol. The maximum absolute atomic E-state index is 11.4. The van der Waals surface area contributed by atoms with Crippen LogP contribution in [0.4, 0.5) is 0 Å². The van der Waals surface area contributed by atoms with Crippen molar-refractivity contribution in [2.75, 3.05) is 5.33 Å². The van der Waals surface area contributed by atoms with Crippen molar-refractivity contribution < 1.29 is 9.21 Å². The molecule has 0 aliphatic heterocycles. The van der Waals surface area contributed by atoms with E-state index in [0.29, 0.717) is 5.76 Å². The third-order valence-corrected chi connectivity index (χ3v) is 2.12. The minimum atomic E-state index is -0.154. The summed E-state index contributed by atoms with van der Waals surface area (Å²) in [6, 6.07) is 3.51. The highest BCUT2D eigenvalue weighted by Gasteiger charge is 2.10. The predicted molar refractivity (Wildman–Crippen MR) is 54.0 cm³/mol. The van der Waals surface area contributed by atoms with Crippen LogP contribution in [0.1, 0.15) is 23.9 Å². The highest BCUT2D eigenvalue weighted by atomic mass is 79.9. The van der Waals surface area contributed by atoms with Crippen LogP contribution in [0.2, 0.25) is 0 Å². The normalized spacial score (nSPS) is 12.5. The summed E-state index contributed by atoms with van der Waals surface area (Å²) in [6.45, 7) is 1.96. The second-order valence-corrected chi connectivity index (χ2v) is 3.62. The van der Waals surface area contributed by atoms with Gasteiger partial charge in [-0.25, -0.2) is 0 Å². The molecule has 0 bridgehead atoms. The van der Waals surface area contributed by atoms with Crippen LogP contribution in [-0.2, 0) is 0 Å². The van der Waals surface area contributed by atoms with E-state index in [1.807, 2.05) is 6.92 Å². The van der Waals surface area contributed by atoms with Gasteiger partial charge in [-0.2, -0.15) is 0 Å². The summed E-state index contributed by atoms with van der Waals surface area (Å²) >= 11 is 3.31. The predicted octanol–water partition coefficient (Wildman–Crippen LogP) is 2.18. The molecule has 4 heteroatoms. The van der Waals surface area contributed by atoms with Crippen LogP contribution in [0.3, 0.4) is 0 Å². The lowest BCUT2D eigenvalue weighted by molar-refractivity contribution is 0.0911. The molecule has 1 aromatic heterocycles. The minimum absolute atomic E-state index is 0.154. The molecule has 1 unspecified atom stereocenters. The number of halogens is 1. The average Bonchev–Trinajstić information content (AvgIpc) is 2.55. The van der Waals surface area contributed by atoms with Crippen molar-refractivity contribution in [2.45, 2.75) is 19.4 Å². The van der Waals surface area contributed by atoms with Gasteiger partial charge in [0.25, 0.3) is 5.91 Å². The van der Waals surface area contributed by atoms with Gasteiger partial charge in [0.1, 0.15) is 0 Å². The number of carbonyl (C=O) groups excluding carboxylic acids is 1. The third-order valence-electron chi connectivity index (χ3n) is 1.66. The molecule has 1 heterocycles. The number of carbonyl (C=O) groups is 1. The Hall–Kier alpha value is -0.770. The zero-order valence-electron chi connectivity index (χ0n) is 7.42. The molecule has 0 aromatic carbocycles. The Morgan fingerprint density at radius 3 is 3.08 bits per heavy atom. The molecule has 0 spiro atoms. The number of hydrogen-bond donors (Lipinski definition) is 1. The van der Waals surface area contributed by atoms with E-state index in [0.717, 1.165) is 11.8 Å². The van der Waals surface area contributed by atoms with E-state index >= 15 is 0 Å². The van der Waals surface area contributed by atoms with Crippen LogP contribution in [-0.4, -0.2) is 17.3 Å². The van der Waals surface area contributed by atoms with Crippen molar-refractivity contribution in [1.29, 1.82) is 0 Å². The van der Waals surface area contributed by atoms with Crippen LogP contribution in [0.5, 0.6) is 0 Å². The molecule has 3 nitrogen and oxygen atoms in total. The van der Waals surface area contributed by atoms with E-state index in [2.05, 4.69) is 21.2 Å². The highest BCUT2D eigenvalue weighted by Crippen LogP contribution is 2.01. The first-order chi connectivity index (χ1) is 6.24. The Morgan fingerprint density at radius 2 is 2.54 bits per heavy atom. The molecule has 1 amide bonds. The number of hydrogen-bond acceptors (Lipinski definition) is 2. The standard InChI is InChI=1S/C9H12BrNO2/c1-7(4-5-10)11-9(12)8-3-2-6-13-8/h2-3,6-7H,4-5H2,1H3,(H,11,12). The van der Waals surface area contributed by atoms with Crippen LogP contribution in [0.25, 0.3) is 0 Å². The molecule has 13 heavy (non-hydrogen) atoms. The molecule has 0 saturated carbocycles. The maximum atomic E-state index is 11.4. The van der Waals surface area contributed by atoms with E-state index in [4.69, 9.17) is 4.42 Å². The summed E-state index contributed by atoms with van der Waals surface area (Å²) in [5.74, 6) is 0.208. The summed E-state index contributed by atoms with van der Waals surface area (Å²) in [4.78, 5) is 11.4. The molecule has 0 aliphatic carbocycles. The smallest absolute Gasteiger partial charge is 0.287 e. The first-order valence-electron chi connectivity index (χ1n) is 4.14. The van der Waals surface area contributed by atoms with Gasteiger partial charge in [-0.05, 0) is 25.5 Å². The Bertz CT molecular complexity index is 259. The van der Waals surface area contributed by atoms with Gasteiger partial charge in [0, 0.05) is 11.4 Å². The van der Waals surface area contributed by atoms with Gasteiger partial charge in [-0.15, -0.1) is 0 Å². The highest BCUT2D eigenvalue weighted by molar-refractivity contribution is 9.09. The van der Waals surface area contributed by atoms with Crippen LogP contribution < -0.4 is 5.32 Å². The molecule has 0 aliphatic rings. The van der Waals surface area contributed by atoms with E-state index in [9.17, 15) is 4.79 Å². The van der Waals surface area contributed by atoms with E-state index < -0.39 is 0 Å². The lowest BCUT2D eigenvalue weighted by Gasteiger charge is -2.10. The molecule has 1 atom stereocenters. The topological polar surface area (TPSA) is 42.2 Å². The van der Waals surface area contributed by atoms with Gasteiger partial charge in [-0.3, -0.25) is 4.79 Å². The van der Waals surface area contributed by atoms with E-state index in [-0.39, 0.29) is 11.9 Å². The summed E-state index contributed by atoms with van der Waals surface area (Å²) in [5, 5.41) is 3.70. The molecule has 0 radical (unpaired) electrons. The summed E-state index contributed by atoms with van der Waals surface area (Å²) in [7, 11) is 0. The number of nitrogens with one attached hydrogen (secondary N) is 1. The first kappa shape index (κ1) is 10.3. The second-order valence-electron chi connectivity index (χ2n) is 2.83. The van der Waals surface area contributed by atoms with E-state index in [1.54, 1.807) is 12.1 Å². The Kier molecular flexibility index (Phi) is 4.02. The maximum Gasteiger partial charge on any atom is 0.287 e. The van der Waals surface area contributed by atoms with Gasteiger partial charge in [0.15, 0.2) is 5.76 Å². The summed E-state index contributed by atoms with van der Waals surface area (Å²) in [5.41, 5.74) is 0. The van der Waals surface area contributed by atoms with Crippen molar-refractivity contribution >= 4 is 21.8 Å². The summed E-state index contributed by atoms with van der Waals surface area (Å²) < 4.78 is 4.95. The number of furan rings is 1. The number of rotatable bonds is 4. The monoisotopic (exact) mass is 245 g/mol. The summed E-state index contributed by atoms with van der Waals surface area (Å²) in [6.07, 6.45) is 2.40. The fourth-order valence-corrected chi connectivity index (χ4v) is 1.63. The van der Waals surface area contributed by atoms with E-state index in [1.165, 1.54) is 6.26 Å². The van der Waals surface area contributed by atoms with Gasteiger partial charge < -0.3 is 9.73 Å². The van der Waals surface area contributed by atoms with Gasteiger partial charge in [0.05, 0.1) is 6.26 Å². The van der Waals surface area contributed by atoms with Crippen molar-refractivity contribution in [3.8, 4) is 0 Å². The first-order valence-corrected chi connectivity index (χ1v) is 5.26. The molecule has 0 saturated heterocycles. The second kappa shape index (κ2) is 5.07. The quantitative estimate of drug-likeness (QED) is 0.827. The Labute approximate surface area is 85.6 Å². The van der Waals surface area contributed by atoms with Crippen molar-refractivity contribution in [2.24, 2.45) is 0 Å². The lowest BCUT2D eigenvalue weighted by atomic mass is 10.2. The zero-order chi connectivity index (χ0) is 9.68. The SMILES string of the molecule is CC(CCBr)NC(=O)c1ccco1. The van der Waals surface area contributed by atoms with Crippen LogP contribution in [0.15, 0.2) is 22.8 Å². The molecule has 1 rings (SSSR count). The molecule has 1 N–H and O–H groups in total. The largest absolute Gasteiger partial charge is 0.459 e. The van der Waals surface area contributed by atoms with Crippen molar-refractivity contribution in [1.82, 2.24) is 5.32 Å². The molecule has 0 fully saturated rings. The molecule has 72 valence electrons. The zero-order valence-corrected chi connectivity index (χ0v) is 9.00. The van der Waals surface area contributed by atoms with Crippen LogP contribution in [0, 0.1) is 0 Å². The lowest BCUT2D eigenvalue weighted by Crippen LogP contribution is -2.32. The Balaban J connectivity index is 2.42. The fourth-order valence-electron chi connectivity index (χ4n) is 0.939. The molecular formula is C9H12BrNO2. The third kappa shape index (κ3) is 3.22. The fraction of sp³-hybridized carbons (Fsp3) is 0.444. The van der Waals surface area contributed by atoms with Crippen LogP contribution >= 0.6 is 15.9 Å². The Morgan fingerprint density at radius 1 is 1.77 bits per heavy atom.